The van der Waals surface area contributed by atoms with Crippen LogP contribution >= 0.6 is 0 Å². The second-order valence-corrected chi connectivity index (χ2v) is 3.67. The van der Waals surface area contributed by atoms with Gasteiger partial charge in [-0.15, -0.1) is 0 Å². The highest BCUT2D eigenvalue weighted by atomic mass is 16.5. The molecule has 0 aliphatic rings. The Balaban J connectivity index is 2.90. The number of aromatic nitrogens is 1. The maximum atomic E-state index is 11.9. The van der Waals surface area contributed by atoms with Gasteiger partial charge in [-0.25, -0.2) is 4.79 Å². The zero-order valence-corrected chi connectivity index (χ0v) is 9.43. The minimum Gasteiger partial charge on any atom is -0.497 e. The number of pyridine rings is 1. The minimum atomic E-state index is -1.23. The van der Waals surface area contributed by atoms with E-state index in [9.17, 15) is 9.59 Å². The third-order valence-corrected chi connectivity index (χ3v) is 2.63. The molecule has 0 bridgehead atoms. The molecule has 0 atom stereocenters. The Bertz CT molecular complexity index is 657. The quantitative estimate of drug-likeness (QED) is 0.847. The number of benzene rings is 1. The summed E-state index contributed by atoms with van der Waals surface area (Å²) in [6.07, 6.45) is 1.32. The van der Waals surface area contributed by atoms with Crippen molar-refractivity contribution >= 4 is 16.9 Å². The van der Waals surface area contributed by atoms with Gasteiger partial charge in [-0.2, -0.15) is 0 Å². The normalized spacial score (nSPS) is 10.5. The van der Waals surface area contributed by atoms with Crippen molar-refractivity contribution in [1.82, 2.24) is 4.57 Å². The van der Waals surface area contributed by atoms with Crippen LogP contribution in [-0.4, -0.2) is 22.8 Å². The van der Waals surface area contributed by atoms with Crippen LogP contribution in [-0.2, 0) is 7.05 Å². The molecule has 17 heavy (non-hydrogen) atoms. The van der Waals surface area contributed by atoms with Crippen molar-refractivity contribution in [1.29, 1.82) is 0 Å². The third-order valence-electron chi connectivity index (χ3n) is 2.63. The Kier molecular flexibility index (Phi) is 2.59. The van der Waals surface area contributed by atoms with E-state index in [1.807, 2.05) is 0 Å². The van der Waals surface area contributed by atoms with Gasteiger partial charge in [0, 0.05) is 13.2 Å². The summed E-state index contributed by atoms with van der Waals surface area (Å²) in [7, 11) is 3.19. The van der Waals surface area contributed by atoms with Crippen molar-refractivity contribution in [2.75, 3.05) is 7.11 Å². The molecular weight excluding hydrogens is 222 g/mol. The first-order chi connectivity index (χ1) is 8.04. The summed E-state index contributed by atoms with van der Waals surface area (Å²) in [6, 6.07) is 4.99. The molecule has 0 fully saturated rings. The first kappa shape index (κ1) is 11.2. The molecule has 5 heteroatoms. The molecule has 88 valence electrons. The lowest BCUT2D eigenvalue weighted by molar-refractivity contribution is 0.0695. The number of carboxylic acid groups (broad SMARTS) is 1. The van der Waals surface area contributed by atoms with E-state index in [2.05, 4.69) is 0 Å². The molecule has 1 aromatic carbocycles. The number of nitrogens with zero attached hydrogens (tertiary/aromatic N) is 1. The number of aryl methyl sites for hydroxylation is 1. The van der Waals surface area contributed by atoms with Gasteiger partial charge in [0.2, 0.25) is 5.43 Å². The molecule has 1 heterocycles. The zero-order chi connectivity index (χ0) is 12.6. The summed E-state index contributed by atoms with van der Waals surface area (Å²) in [5.74, 6) is -0.701. The van der Waals surface area contributed by atoms with Gasteiger partial charge in [-0.05, 0) is 18.2 Å². The molecule has 0 saturated heterocycles. The molecular formula is C12H11NO4. The number of rotatable bonds is 2. The van der Waals surface area contributed by atoms with E-state index in [1.54, 1.807) is 29.8 Å². The monoisotopic (exact) mass is 233 g/mol. The van der Waals surface area contributed by atoms with Crippen molar-refractivity contribution in [3.8, 4) is 5.75 Å². The summed E-state index contributed by atoms with van der Waals surface area (Å²) in [6.45, 7) is 0. The summed E-state index contributed by atoms with van der Waals surface area (Å²) in [5.41, 5.74) is -0.0708. The zero-order valence-electron chi connectivity index (χ0n) is 9.43. The second-order valence-electron chi connectivity index (χ2n) is 3.67. The van der Waals surface area contributed by atoms with Gasteiger partial charge in [0.15, 0.2) is 0 Å². The number of carboxylic acids is 1. The lowest BCUT2D eigenvalue weighted by atomic mass is 10.1. The van der Waals surface area contributed by atoms with Crippen molar-refractivity contribution in [3.05, 3.63) is 40.2 Å². The number of carbonyl (C=O) groups is 1. The van der Waals surface area contributed by atoms with Crippen molar-refractivity contribution in [2.24, 2.45) is 7.05 Å². The van der Waals surface area contributed by atoms with Crippen LogP contribution in [0.4, 0.5) is 0 Å². The molecule has 0 aliphatic heterocycles. The molecule has 0 saturated carbocycles. The van der Waals surface area contributed by atoms with Gasteiger partial charge < -0.3 is 14.4 Å². The Morgan fingerprint density at radius 2 is 2.12 bits per heavy atom. The van der Waals surface area contributed by atoms with E-state index in [-0.39, 0.29) is 5.56 Å². The van der Waals surface area contributed by atoms with Crippen LogP contribution in [0.15, 0.2) is 29.2 Å². The molecule has 0 aliphatic carbocycles. The van der Waals surface area contributed by atoms with Crippen molar-refractivity contribution in [3.63, 3.8) is 0 Å². The number of ether oxygens (including phenoxy) is 1. The smallest absolute Gasteiger partial charge is 0.341 e. The first-order valence-electron chi connectivity index (χ1n) is 4.95. The van der Waals surface area contributed by atoms with E-state index < -0.39 is 11.4 Å². The molecule has 2 rings (SSSR count). The fourth-order valence-electron chi connectivity index (χ4n) is 1.75. The predicted octanol–water partition coefficient (Wildman–Crippen LogP) is 1.25. The molecule has 0 unspecified atom stereocenters. The topological polar surface area (TPSA) is 68.5 Å². The van der Waals surface area contributed by atoms with Crippen LogP contribution < -0.4 is 10.2 Å². The van der Waals surface area contributed by atoms with E-state index in [1.165, 1.54) is 13.3 Å². The Morgan fingerprint density at radius 1 is 1.41 bits per heavy atom. The minimum absolute atomic E-state index is 0.242. The molecule has 1 N–H and O–H groups in total. The summed E-state index contributed by atoms with van der Waals surface area (Å²) in [4.78, 5) is 22.9. The van der Waals surface area contributed by atoms with Crippen LogP contribution in [0.2, 0.25) is 0 Å². The highest BCUT2D eigenvalue weighted by Crippen LogP contribution is 2.18. The van der Waals surface area contributed by atoms with Gasteiger partial charge in [-0.3, -0.25) is 4.79 Å². The van der Waals surface area contributed by atoms with Crippen molar-refractivity contribution in [2.45, 2.75) is 0 Å². The Morgan fingerprint density at radius 3 is 2.71 bits per heavy atom. The third kappa shape index (κ3) is 1.75. The van der Waals surface area contributed by atoms with Crippen LogP contribution in [0, 0.1) is 0 Å². The van der Waals surface area contributed by atoms with Crippen LogP contribution in [0.3, 0.4) is 0 Å². The second kappa shape index (κ2) is 3.93. The van der Waals surface area contributed by atoms with Gasteiger partial charge in [-0.1, -0.05) is 0 Å². The van der Waals surface area contributed by atoms with Gasteiger partial charge >= 0.3 is 5.97 Å². The van der Waals surface area contributed by atoms with Gasteiger partial charge in [0.1, 0.15) is 11.3 Å². The maximum absolute atomic E-state index is 11.9. The van der Waals surface area contributed by atoms with E-state index in [0.29, 0.717) is 16.7 Å². The summed E-state index contributed by atoms with van der Waals surface area (Å²) >= 11 is 0. The molecule has 1 aromatic heterocycles. The number of hydrogen-bond donors (Lipinski definition) is 1. The largest absolute Gasteiger partial charge is 0.497 e. The van der Waals surface area contributed by atoms with E-state index in [0.717, 1.165) is 0 Å². The van der Waals surface area contributed by atoms with E-state index >= 15 is 0 Å². The summed E-state index contributed by atoms with van der Waals surface area (Å²) < 4.78 is 6.63. The molecule has 0 amide bonds. The standard InChI is InChI=1S/C12H11NO4/c1-13-6-9(12(15)16)11(14)8-5-7(17-2)3-4-10(8)13/h3-6H,1-2H3,(H,15,16). The predicted molar refractivity (Wildman–Crippen MR) is 62.7 cm³/mol. The Labute approximate surface area is 96.9 Å². The van der Waals surface area contributed by atoms with E-state index in [4.69, 9.17) is 9.84 Å². The summed E-state index contributed by atoms with van der Waals surface area (Å²) in [5, 5.41) is 9.27. The van der Waals surface area contributed by atoms with Gasteiger partial charge in [0.25, 0.3) is 0 Å². The lowest BCUT2D eigenvalue weighted by Crippen LogP contribution is -2.17. The number of fused-ring (bicyclic) bond motifs is 1. The highest BCUT2D eigenvalue weighted by Gasteiger charge is 2.13. The molecule has 0 spiro atoms. The Hall–Kier alpha value is -2.30. The average molecular weight is 233 g/mol. The average Bonchev–Trinajstić information content (AvgIpc) is 2.32. The van der Waals surface area contributed by atoms with Crippen molar-refractivity contribution < 1.29 is 14.6 Å². The SMILES string of the molecule is COc1ccc2c(c1)c(=O)c(C(=O)O)cn2C. The fourth-order valence-corrected chi connectivity index (χ4v) is 1.75. The van der Waals surface area contributed by atoms with Crippen LogP contribution in [0.1, 0.15) is 10.4 Å². The first-order valence-corrected chi connectivity index (χ1v) is 4.95. The van der Waals surface area contributed by atoms with Crippen LogP contribution in [0.5, 0.6) is 5.75 Å². The molecule has 0 radical (unpaired) electrons. The van der Waals surface area contributed by atoms with Gasteiger partial charge in [0.05, 0.1) is 18.0 Å². The number of methoxy groups -OCH3 is 1. The number of hydrogen-bond acceptors (Lipinski definition) is 3. The fraction of sp³-hybridized carbons (Fsp3) is 0.167. The highest BCUT2D eigenvalue weighted by molar-refractivity contribution is 5.92. The number of aromatic carboxylic acids is 1. The molecule has 2 aromatic rings. The maximum Gasteiger partial charge on any atom is 0.341 e. The molecule has 5 nitrogen and oxygen atoms in total. The lowest BCUT2D eigenvalue weighted by Gasteiger charge is -2.08. The van der Waals surface area contributed by atoms with Crippen LogP contribution in [0.25, 0.3) is 10.9 Å².